The van der Waals surface area contributed by atoms with Crippen LogP contribution in [-0.2, 0) is 13.1 Å². The van der Waals surface area contributed by atoms with Crippen molar-refractivity contribution in [2.45, 2.75) is 20.0 Å². The van der Waals surface area contributed by atoms with Crippen molar-refractivity contribution < 1.29 is 8.78 Å². The predicted molar refractivity (Wildman–Crippen MR) is 66.7 cm³/mol. The van der Waals surface area contributed by atoms with Crippen molar-refractivity contribution in [2.75, 3.05) is 0 Å². The first-order chi connectivity index (χ1) is 9.19. The molecule has 0 unspecified atom stereocenters. The number of benzene rings is 1. The minimum absolute atomic E-state index is 0.438. The Bertz CT molecular complexity index is 729. The molecule has 2 aromatic heterocycles. The molecule has 3 rings (SSSR count). The van der Waals surface area contributed by atoms with E-state index in [1.54, 1.807) is 17.1 Å². The van der Waals surface area contributed by atoms with E-state index in [-0.39, 0.29) is 0 Å². The molecule has 2 heterocycles. The van der Waals surface area contributed by atoms with E-state index in [1.807, 2.05) is 17.7 Å². The maximum absolute atomic E-state index is 13.3. The molecule has 0 bridgehead atoms. The number of rotatable bonds is 3. The molecule has 6 heteroatoms. The third-order valence-electron chi connectivity index (χ3n) is 3.12. The molecule has 0 aliphatic carbocycles. The number of imidazole rings is 2. The van der Waals surface area contributed by atoms with Gasteiger partial charge in [0.1, 0.15) is 5.82 Å². The fourth-order valence-electron chi connectivity index (χ4n) is 2.11. The molecule has 0 spiro atoms. The van der Waals surface area contributed by atoms with Crippen LogP contribution in [0.25, 0.3) is 11.0 Å². The van der Waals surface area contributed by atoms with Crippen molar-refractivity contribution in [1.82, 2.24) is 19.1 Å². The van der Waals surface area contributed by atoms with Crippen LogP contribution in [0.5, 0.6) is 0 Å². The van der Waals surface area contributed by atoms with Crippen LogP contribution in [0.2, 0.25) is 0 Å². The smallest absolute Gasteiger partial charge is 0.161 e. The second-order valence-electron chi connectivity index (χ2n) is 4.26. The third-order valence-corrected chi connectivity index (χ3v) is 3.12. The third kappa shape index (κ3) is 1.99. The van der Waals surface area contributed by atoms with E-state index in [0.717, 1.165) is 24.5 Å². The lowest BCUT2D eigenvalue weighted by molar-refractivity contribution is 0.510. The molecule has 0 fully saturated rings. The van der Waals surface area contributed by atoms with E-state index >= 15 is 0 Å². The summed E-state index contributed by atoms with van der Waals surface area (Å²) in [6.07, 6.45) is 5.17. The molecule has 98 valence electrons. The molecule has 0 atom stereocenters. The molecule has 19 heavy (non-hydrogen) atoms. The quantitative estimate of drug-likeness (QED) is 0.727. The Balaban J connectivity index is 2.04. The standard InChI is InChI=1S/C13H12F2N4/c1-2-18-4-3-16-13(18)7-19-8-17-11-5-9(14)10(15)6-12(11)19/h3-6,8H,2,7H2,1H3. The molecule has 0 amide bonds. The van der Waals surface area contributed by atoms with Crippen LogP contribution in [0.4, 0.5) is 8.78 Å². The molecule has 3 aromatic rings. The molecular formula is C13H12F2N4. The van der Waals surface area contributed by atoms with Gasteiger partial charge < -0.3 is 9.13 Å². The minimum Gasteiger partial charge on any atom is -0.334 e. The average Bonchev–Trinajstić information content (AvgIpc) is 2.99. The SMILES string of the molecule is CCn1ccnc1Cn1cnc2cc(F)c(F)cc21. The van der Waals surface area contributed by atoms with E-state index < -0.39 is 11.6 Å². The second-order valence-corrected chi connectivity index (χ2v) is 4.26. The highest BCUT2D eigenvalue weighted by Gasteiger charge is 2.10. The van der Waals surface area contributed by atoms with Gasteiger partial charge in [0.05, 0.1) is 23.9 Å². The Kier molecular flexibility index (Phi) is 2.77. The highest BCUT2D eigenvalue weighted by molar-refractivity contribution is 5.75. The maximum atomic E-state index is 13.3. The Morgan fingerprint density at radius 3 is 2.68 bits per heavy atom. The summed E-state index contributed by atoms with van der Waals surface area (Å²) < 4.78 is 30.2. The van der Waals surface area contributed by atoms with Crippen molar-refractivity contribution >= 4 is 11.0 Å². The number of hydrogen-bond acceptors (Lipinski definition) is 2. The van der Waals surface area contributed by atoms with Gasteiger partial charge in [-0.1, -0.05) is 0 Å². The Morgan fingerprint density at radius 2 is 1.89 bits per heavy atom. The topological polar surface area (TPSA) is 35.6 Å². The van der Waals surface area contributed by atoms with Crippen LogP contribution < -0.4 is 0 Å². The van der Waals surface area contributed by atoms with Gasteiger partial charge in [-0.25, -0.2) is 18.7 Å². The number of halogens is 2. The van der Waals surface area contributed by atoms with E-state index in [4.69, 9.17) is 0 Å². The highest BCUT2D eigenvalue weighted by atomic mass is 19.2. The first kappa shape index (κ1) is 11.8. The average molecular weight is 262 g/mol. The normalized spacial score (nSPS) is 11.3. The summed E-state index contributed by atoms with van der Waals surface area (Å²) in [7, 11) is 0. The number of fused-ring (bicyclic) bond motifs is 1. The van der Waals surface area contributed by atoms with Crippen molar-refractivity contribution in [2.24, 2.45) is 0 Å². The molecule has 0 saturated carbocycles. The second kappa shape index (κ2) is 4.46. The lowest BCUT2D eigenvalue weighted by atomic mass is 10.3. The zero-order valence-corrected chi connectivity index (χ0v) is 10.3. The molecule has 4 nitrogen and oxygen atoms in total. The van der Waals surface area contributed by atoms with Crippen LogP contribution >= 0.6 is 0 Å². The number of hydrogen-bond donors (Lipinski definition) is 0. The highest BCUT2D eigenvalue weighted by Crippen LogP contribution is 2.18. The number of nitrogens with zero attached hydrogens (tertiary/aromatic N) is 4. The van der Waals surface area contributed by atoms with Crippen LogP contribution in [0.1, 0.15) is 12.7 Å². The summed E-state index contributed by atoms with van der Waals surface area (Å²) in [6, 6.07) is 2.27. The molecule has 0 saturated heterocycles. The predicted octanol–water partition coefficient (Wildman–Crippen LogP) is 2.58. The maximum Gasteiger partial charge on any atom is 0.161 e. The van der Waals surface area contributed by atoms with Gasteiger partial charge in [-0.2, -0.15) is 0 Å². The number of aryl methyl sites for hydroxylation is 1. The van der Waals surface area contributed by atoms with Gasteiger partial charge in [-0.15, -0.1) is 0 Å². The molecule has 0 aliphatic heterocycles. The summed E-state index contributed by atoms with van der Waals surface area (Å²) in [5.41, 5.74) is 0.998. The van der Waals surface area contributed by atoms with Crippen molar-refractivity contribution in [3.63, 3.8) is 0 Å². The van der Waals surface area contributed by atoms with Crippen molar-refractivity contribution in [3.05, 3.63) is 48.3 Å². The van der Waals surface area contributed by atoms with Crippen LogP contribution in [-0.4, -0.2) is 19.1 Å². The molecule has 1 aromatic carbocycles. The van der Waals surface area contributed by atoms with E-state index in [9.17, 15) is 8.78 Å². The molecular weight excluding hydrogens is 250 g/mol. The lowest BCUT2D eigenvalue weighted by Gasteiger charge is -2.06. The minimum atomic E-state index is -0.882. The van der Waals surface area contributed by atoms with Gasteiger partial charge in [0, 0.05) is 31.1 Å². The van der Waals surface area contributed by atoms with Crippen molar-refractivity contribution in [1.29, 1.82) is 0 Å². The van der Waals surface area contributed by atoms with Crippen LogP contribution in [0.15, 0.2) is 30.9 Å². The molecule has 0 N–H and O–H groups in total. The van der Waals surface area contributed by atoms with Gasteiger partial charge in [0.2, 0.25) is 0 Å². The molecule has 0 radical (unpaired) electrons. The fraction of sp³-hybridized carbons (Fsp3) is 0.231. The van der Waals surface area contributed by atoms with Crippen LogP contribution in [0.3, 0.4) is 0 Å². The largest absolute Gasteiger partial charge is 0.334 e. The van der Waals surface area contributed by atoms with Gasteiger partial charge >= 0.3 is 0 Å². The van der Waals surface area contributed by atoms with E-state index in [1.165, 1.54) is 0 Å². The van der Waals surface area contributed by atoms with Crippen molar-refractivity contribution in [3.8, 4) is 0 Å². The van der Waals surface area contributed by atoms with E-state index in [0.29, 0.717) is 17.6 Å². The Morgan fingerprint density at radius 1 is 1.11 bits per heavy atom. The summed E-state index contributed by atoms with van der Waals surface area (Å²) >= 11 is 0. The number of aromatic nitrogens is 4. The first-order valence-corrected chi connectivity index (χ1v) is 5.99. The summed E-state index contributed by atoms with van der Waals surface area (Å²) in [4.78, 5) is 8.33. The Labute approximate surface area is 108 Å². The van der Waals surface area contributed by atoms with Gasteiger partial charge in [-0.3, -0.25) is 0 Å². The van der Waals surface area contributed by atoms with Crippen LogP contribution in [0, 0.1) is 11.6 Å². The van der Waals surface area contributed by atoms with E-state index in [2.05, 4.69) is 9.97 Å². The summed E-state index contributed by atoms with van der Waals surface area (Å²) in [5, 5.41) is 0. The fourth-order valence-corrected chi connectivity index (χ4v) is 2.11. The Hall–Kier alpha value is -2.24. The zero-order chi connectivity index (χ0) is 13.4. The summed E-state index contributed by atoms with van der Waals surface area (Å²) in [6.45, 7) is 3.31. The first-order valence-electron chi connectivity index (χ1n) is 5.99. The van der Waals surface area contributed by atoms with Gasteiger partial charge in [-0.05, 0) is 6.92 Å². The van der Waals surface area contributed by atoms with Gasteiger partial charge in [0.15, 0.2) is 11.6 Å². The monoisotopic (exact) mass is 262 g/mol. The van der Waals surface area contributed by atoms with Gasteiger partial charge in [0.25, 0.3) is 0 Å². The molecule has 0 aliphatic rings. The summed E-state index contributed by atoms with van der Waals surface area (Å²) in [5.74, 6) is -0.896. The lowest BCUT2D eigenvalue weighted by Crippen LogP contribution is -2.06. The zero-order valence-electron chi connectivity index (χ0n) is 10.3.